The SMILES string of the molecule is c1ccc(-c2cccc3c2oc2c(N(c4ccccc4)c4ccc5cc6c(cc5c4)oc4ccc5oc7cc8cc(N(c9ccccc9)c9cccc%10c9oc9c(-c%11ccccc%11)cccc9%10)ccc8cc7c5c46)cccc23)cc1. The highest BCUT2D eigenvalue weighted by atomic mass is 16.3. The third-order valence-electron chi connectivity index (χ3n) is 16.2. The monoisotopic (exact) mass is 1020 g/mol. The Morgan fingerprint density at radius 3 is 1.04 bits per heavy atom. The van der Waals surface area contributed by atoms with E-state index in [0.29, 0.717) is 0 Å². The normalized spacial score (nSPS) is 12.0. The van der Waals surface area contributed by atoms with Gasteiger partial charge in [0.2, 0.25) is 0 Å². The van der Waals surface area contributed by atoms with Crippen molar-refractivity contribution in [2.45, 2.75) is 0 Å². The van der Waals surface area contributed by atoms with Gasteiger partial charge in [-0.2, -0.15) is 0 Å². The van der Waals surface area contributed by atoms with Gasteiger partial charge < -0.3 is 27.5 Å². The molecule has 0 N–H and O–H groups in total. The lowest BCUT2D eigenvalue weighted by Crippen LogP contribution is -2.10. The summed E-state index contributed by atoms with van der Waals surface area (Å²) in [6, 6.07) is 94.1. The molecule has 374 valence electrons. The summed E-state index contributed by atoms with van der Waals surface area (Å²) in [5.41, 5.74) is 17.0. The van der Waals surface area contributed by atoms with Crippen LogP contribution in [0.3, 0.4) is 0 Å². The molecule has 6 heteroatoms. The van der Waals surface area contributed by atoms with Gasteiger partial charge in [-0.1, -0.05) is 170 Å². The lowest BCUT2D eigenvalue weighted by molar-refractivity contribution is 0.663. The van der Waals surface area contributed by atoms with Gasteiger partial charge in [0, 0.05) is 77.0 Å². The fourth-order valence-corrected chi connectivity index (χ4v) is 12.5. The van der Waals surface area contributed by atoms with Crippen LogP contribution in [0.2, 0.25) is 0 Å². The zero-order chi connectivity index (χ0) is 52.4. The van der Waals surface area contributed by atoms with Gasteiger partial charge in [0.1, 0.15) is 33.5 Å². The Bertz CT molecular complexity index is 4970. The van der Waals surface area contributed by atoms with Gasteiger partial charge in [0.05, 0.1) is 11.4 Å². The lowest BCUT2D eigenvalue weighted by Gasteiger charge is -2.25. The Morgan fingerprint density at radius 2 is 0.613 bits per heavy atom. The Labute approximate surface area is 457 Å². The highest BCUT2D eigenvalue weighted by Gasteiger charge is 2.25. The number of hydrogen-bond acceptors (Lipinski definition) is 6. The molecule has 0 bridgehead atoms. The van der Waals surface area contributed by atoms with Crippen LogP contribution in [0.1, 0.15) is 0 Å². The topological polar surface area (TPSA) is 59.0 Å². The van der Waals surface area contributed by atoms with Crippen LogP contribution in [0.25, 0.3) is 132 Å². The second-order valence-corrected chi connectivity index (χ2v) is 20.7. The zero-order valence-corrected chi connectivity index (χ0v) is 42.9. The fraction of sp³-hybridized carbons (Fsp3) is 0. The quantitative estimate of drug-likeness (QED) is 0.151. The summed E-state index contributed by atoms with van der Waals surface area (Å²) in [6.07, 6.45) is 0. The lowest BCUT2D eigenvalue weighted by atomic mass is 10.00. The molecule has 0 fully saturated rings. The summed E-state index contributed by atoms with van der Waals surface area (Å²) in [5.74, 6) is 0. The van der Waals surface area contributed by atoms with Crippen molar-refractivity contribution in [1.82, 2.24) is 0 Å². The van der Waals surface area contributed by atoms with Crippen LogP contribution in [-0.2, 0) is 0 Å². The molecular formula is C74H44N2O4. The summed E-state index contributed by atoms with van der Waals surface area (Å²) in [7, 11) is 0. The van der Waals surface area contributed by atoms with Crippen molar-refractivity contribution >= 4 is 143 Å². The van der Waals surface area contributed by atoms with E-state index in [4.69, 9.17) is 17.7 Å². The average molecular weight is 1030 g/mol. The molecule has 4 heterocycles. The van der Waals surface area contributed by atoms with Gasteiger partial charge in [-0.25, -0.2) is 0 Å². The third kappa shape index (κ3) is 6.79. The predicted octanol–water partition coefficient (Wildman–Crippen LogP) is 21.9. The first-order chi connectivity index (χ1) is 39.6. The minimum atomic E-state index is 0.813. The first-order valence-corrected chi connectivity index (χ1v) is 27.0. The predicted molar refractivity (Wildman–Crippen MR) is 331 cm³/mol. The second-order valence-electron chi connectivity index (χ2n) is 20.7. The molecule has 0 amide bonds. The smallest absolute Gasteiger partial charge is 0.159 e. The van der Waals surface area contributed by atoms with Crippen LogP contribution in [-0.4, -0.2) is 0 Å². The highest BCUT2D eigenvalue weighted by Crippen LogP contribution is 2.49. The Hall–Kier alpha value is -10.8. The van der Waals surface area contributed by atoms with Crippen LogP contribution < -0.4 is 9.80 Å². The zero-order valence-electron chi connectivity index (χ0n) is 42.9. The third-order valence-corrected chi connectivity index (χ3v) is 16.2. The fourth-order valence-electron chi connectivity index (χ4n) is 12.5. The molecule has 0 atom stereocenters. The second kappa shape index (κ2) is 17.3. The molecule has 0 saturated heterocycles. The standard InChI is InChI=1S/C74H44N2O4/c1-5-17-45(18-6-1)55-25-13-27-57-59-29-15-31-63(73(59)79-71(55)57)75(51-21-9-3-10-22-51)53-35-33-47-41-61-67(43-49(47)39-53)77-65-37-38-66-70(69(61)65)62-42-48-34-36-54(40-50(48)44-68(62)78-66)76(52-23-11-4-12-24-52)64-32-16-30-60-58-28-14-26-56(72(58)80-74(60)64)46-19-7-2-8-20-46/h1-44H. The summed E-state index contributed by atoms with van der Waals surface area (Å²) in [5, 5.41) is 12.8. The van der Waals surface area contributed by atoms with Crippen LogP contribution in [0, 0.1) is 0 Å². The molecule has 0 aliphatic heterocycles. The highest BCUT2D eigenvalue weighted by molar-refractivity contribution is 6.28. The first-order valence-electron chi connectivity index (χ1n) is 27.0. The number of furan rings is 4. The number of benzene rings is 13. The maximum absolute atomic E-state index is 6.97. The van der Waals surface area contributed by atoms with Crippen molar-refractivity contribution in [2.75, 3.05) is 9.80 Å². The van der Waals surface area contributed by atoms with E-state index in [1.54, 1.807) is 0 Å². The van der Waals surface area contributed by atoms with Gasteiger partial charge >= 0.3 is 0 Å². The number of hydrogen-bond donors (Lipinski definition) is 0. The van der Waals surface area contributed by atoms with Crippen LogP contribution in [0.15, 0.2) is 285 Å². The average Bonchev–Trinajstić information content (AvgIpc) is 4.36. The molecular weight excluding hydrogens is 981 g/mol. The minimum absolute atomic E-state index is 0.813. The van der Waals surface area contributed by atoms with Crippen molar-refractivity contribution in [3.63, 3.8) is 0 Å². The van der Waals surface area contributed by atoms with E-state index >= 15 is 0 Å². The van der Waals surface area contributed by atoms with Gasteiger partial charge in [-0.3, -0.25) is 0 Å². The molecule has 17 rings (SSSR count). The summed E-state index contributed by atoms with van der Waals surface area (Å²) < 4.78 is 27.5. The molecule has 80 heavy (non-hydrogen) atoms. The van der Waals surface area contributed by atoms with Crippen molar-refractivity contribution in [3.8, 4) is 22.3 Å². The van der Waals surface area contributed by atoms with E-state index in [-0.39, 0.29) is 0 Å². The molecule has 0 saturated carbocycles. The number of nitrogens with zero attached hydrogens (tertiary/aromatic N) is 2. The van der Waals surface area contributed by atoms with E-state index in [1.165, 1.54) is 0 Å². The van der Waals surface area contributed by atoms with E-state index in [1.807, 2.05) is 24.3 Å². The molecule has 0 unspecified atom stereocenters. The minimum Gasteiger partial charge on any atom is -0.456 e. The van der Waals surface area contributed by atoms with Crippen molar-refractivity contribution in [2.24, 2.45) is 0 Å². The van der Waals surface area contributed by atoms with Crippen LogP contribution >= 0.6 is 0 Å². The maximum atomic E-state index is 6.97. The van der Waals surface area contributed by atoms with E-state index in [0.717, 1.165) is 166 Å². The molecule has 0 spiro atoms. The first kappa shape index (κ1) is 44.3. The van der Waals surface area contributed by atoms with Gasteiger partial charge in [0.25, 0.3) is 0 Å². The maximum Gasteiger partial charge on any atom is 0.159 e. The van der Waals surface area contributed by atoms with E-state index in [9.17, 15) is 0 Å². The number of para-hydroxylation sites is 6. The molecule has 0 aliphatic rings. The largest absolute Gasteiger partial charge is 0.456 e. The molecule has 13 aromatic carbocycles. The van der Waals surface area contributed by atoms with E-state index < -0.39 is 0 Å². The summed E-state index contributed by atoms with van der Waals surface area (Å²) in [6.45, 7) is 0. The Morgan fingerprint density at radius 1 is 0.225 bits per heavy atom. The molecule has 0 radical (unpaired) electrons. The van der Waals surface area contributed by atoms with Gasteiger partial charge in [-0.15, -0.1) is 0 Å². The number of anilines is 6. The number of rotatable bonds is 8. The summed E-state index contributed by atoms with van der Waals surface area (Å²) >= 11 is 0. The molecule has 17 aromatic rings. The molecule has 4 aromatic heterocycles. The van der Waals surface area contributed by atoms with Gasteiger partial charge in [0.15, 0.2) is 11.2 Å². The van der Waals surface area contributed by atoms with E-state index in [2.05, 4.69) is 252 Å². The molecule has 0 aliphatic carbocycles. The number of fused-ring (bicyclic) bond motifs is 15. The van der Waals surface area contributed by atoms with Crippen molar-refractivity contribution in [3.05, 3.63) is 267 Å². The Kier molecular flexibility index (Phi) is 9.61. The van der Waals surface area contributed by atoms with Crippen LogP contribution in [0.5, 0.6) is 0 Å². The molecule has 6 nitrogen and oxygen atoms in total. The van der Waals surface area contributed by atoms with Crippen molar-refractivity contribution < 1.29 is 17.7 Å². The van der Waals surface area contributed by atoms with Crippen LogP contribution in [0.4, 0.5) is 34.1 Å². The van der Waals surface area contributed by atoms with Gasteiger partial charge in [-0.05, 0) is 130 Å². The Balaban J connectivity index is 0.782. The summed E-state index contributed by atoms with van der Waals surface area (Å²) in [4.78, 5) is 4.59. The van der Waals surface area contributed by atoms with Crippen molar-refractivity contribution in [1.29, 1.82) is 0 Å².